The Morgan fingerprint density at radius 2 is 2.05 bits per heavy atom. The molecular formula is C15H26N4O. The second-order valence-corrected chi connectivity index (χ2v) is 6.00. The van der Waals surface area contributed by atoms with E-state index in [9.17, 15) is 5.11 Å². The lowest BCUT2D eigenvalue weighted by molar-refractivity contribution is -0.000831. The Bertz CT molecular complexity index is 451. The zero-order chi connectivity index (χ0) is 14.6. The molecule has 0 saturated heterocycles. The summed E-state index contributed by atoms with van der Waals surface area (Å²) >= 11 is 0. The van der Waals surface area contributed by atoms with Gasteiger partial charge in [-0.25, -0.2) is 9.97 Å². The van der Waals surface area contributed by atoms with Crippen LogP contribution in [0.15, 0.2) is 6.07 Å². The molecule has 112 valence electrons. The number of aliphatic hydroxyl groups is 1. The highest BCUT2D eigenvalue weighted by molar-refractivity contribution is 5.47. The molecule has 0 amide bonds. The molecular weight excluding hydrogens is 252 g/mol. The van der Waals surface area contributed by atoms with E-state index in [0.29, 0.717) is 12.5 Å². The van der Waals surface area contributed by atoms with Crippen molar-refractivity contribution in [2.75, 3.05) is 23.7 Å². The predicted octanol–water partition coefficient (Wildman–Crippen LogP) is 2.57. The molecule has 2 unspecified atom stereocenters. The summed E-state index contributed by atoms with van der Waals surface area (Å²) in [5.74, 6) is 2.93. The highest BCUT2D eigenvalue weighted by atomic mass is 16.3. The molecule has 5 nitrogen and oxygen atoms in total. The number of nitrogens with one attached hydrogen (secondary N) is 2. The predicted molar refractivity (Wildman–Crippen MR) is 82.0 cm³/mol. The molecule has 3 N–H and O–H groups in total. The molecule has 1 aromatic rings. The molecule has 1 aliphatic carbocycles. The number of hydrogen-bond acceptors (Lipinski definition) is 5. The third kappa shape index (κ3) is 4.07. The van der Waals surface area contributed by atoms with Gasteiger partial charge in [0.15, 0.2) is 0 Å². The number of nitrogens with zero attached hydrogens (tertiary/aromatic N) is 2. The fraction of sp³-hybridized carbons (Fsp3) is 0.733. The van der Waals surface area contributed by atoms with Crippen LogP contribution in [0.25, 0.3) is 0 Å². The second-order valence-electron chi connectivity index (χ2n) is 6.00. The first kappa shape index (κ1) is 15.0. The largest absolute Gasteiger partial charge is 0.388 e. The lowest BCUT2D eigenvalue weighted by atomic mass is 9.79. The lowest BCUT2D eigenvalue weighted by Crippen LogP contribution is -2.41. The van der Waals surface area contributed by atoms with Gasteiger partial charge in [-0.05, 0) is 32.6 Å². The standard InChI is InChI=1S/C15H26N4O/c1-4-16-13-8-14(19-12(3)18-13)17-10-15(20)7-5-6-11(2)9-15/h8,11,20H,4-7,9-10H2,1-3H3,(H2,16,17,18,19). The van der Waals surface area contributed by atoms with E-state index in [-0.39, 0.29) is 0 Å². The third-order valence-electron chi connectivity index (χ3n) is 3.86. The van der Waals surface area contributed by atoms with E-state index in [2.05, 4.69) is 27.5 Å². The van der Waals surface area contributed by atoms with Crippen LogP contribution >= 0.6 is 0 Å². The maximum absolute atomic E-state index is 10.6. The van der Waals surface area contributed by atoms with Gasteiger partial charge in [-0.15, -0.1) is 0 Å². The Balaban J connectivity index is 1.99. The minimum Gasteiger partial charge on any atom is -0.388 e. The van der Waals surface area contributed by atoms with E-state index in [1.165, 1.54) is 6.42 Å². The van der Waals surface area contributed by atoms with Crippen molar-refractivity contribution in [3.05, 3.63) is 11.9 Å². The number of hydrogen-bond donors (Lipinski definition) is 3. The molecule has 1 aliphatic rings. The van der Waals surface area contributed by atoms with Crippen molar-refractivity contribution in [2.24, 2.45) is 5.92 Å². The SMILES string of the molecule is CCNc1cc(NCC2(O)CCCC(C)C2)nc(C)n1. The normalized spacial score (nSPS) is 26.3. The number of aromatic nitrogens is 2. The van der Waals surface area contributed by atoms with Crippen molar-refractivity contribution < 1.29 is 5.11 Å². The summed E-state index contributed by atoms with van der Waals surface area (Å²) in [5, 5.41) is 17.1. The van der Waals surface area contributed by atoms with Crippen molar-refractivity contribution in [1.82, 2.24) is 9.97 Å². The molecule has 1 saturated carbocycles. The van der Waals surface area contributed by atoms with E-state index in [1.807, 2.05) is 19.9 Å². The summed E-state index contributed by atoms with van der Waals surface area (Å²) in [5.41, 5.74) is -0.602. The Morgan fingerprint density at radius 1 is 1.35 bits per heavy atom. The Kier molecular flexibility index (Phi) is 4.81. The van der Waals surface area contributed by atoms with Crippen molar-refractivity contribution >= 4 is 11.6 Å². The summed E-state index contributed by atoms with van der Waals surface area (Å²) < 4.78 is 0. The molecule has 0 aromatic carbocycles. The Hall–Kier alpha value is -1.36. The summed E-state index contributed by atoms with van der Waals surface area (Å²) in [6.45, 7) is 7.51. The first-order valence-corrected chi connectivity index (χ1v) is 7.56. The molecule has 5 heteroatoms. The summed E-state index contributed by atoms with van der Waals surface area (Å²) in [7, 11) is 0. The Morgan fingerprint density at radius 3 is 2.70 bits per heavy atom. The molecule has 1 aromatic heterocycles. The topological polar surface area (TPSA) is 70.1 Å². The number of aryl methyl sites for hydroxylation is 1. The van der Waals surface area contributed by atoms with Crippen LogP contribution in [-0.2, 0) is 0 Å². The van der Waals surface area contributed by atoms with Crippen LogP contribution in [0.5, 0.6) is 0 Å². The van der Waals surface area contributed by atoms with Crippen molar-refractivity contribution in [2.45, 2.75) is 52.1 Å². The van der Waals surface area contributed by atoms with Crippen molar-refractivity contribution in [3.63, 3.8) is 0 Å². The minimum absolute atomic E-state index is 0.555. The van der Waals surface area contributed by atoms with Gasteiger partial charge in [-0.1, -0.05) is 19.8 Å². The van der Waals surface area contributed by atoms with Gasteiger partial charge in [0.05, 0.1) is 5.60 Å². The van der Waals surface area contributed by atoms with Gasteiger partial charge in [0.1, 0.15) is 17.5 Å². The molecule has 2 rings (SSSR count). The van der Waals surface area contributed by atoms with E-state index in [0.717, 1.165) is 43.3 Å². The average molecular weight is 278 g/mol. The molecule has 0 radical (unpaired) electrons. The smallest absolute Gasteiger partial charge is 0.131 e. The lowest BCUT2D eigenvalue weighted by Gasteiger charge is -2.35. The van der Waals surface area contributed by atoms with Gasteiger partial charge in [-0.2, -0.15) is 0 Å². The minimum atomic E-state index is -0.602. The highest BCUT2D eigenvalue weighted by Gasteiger charge is 2.32. The van der Waals surface area contributed by atoms with Crippen LogP contribution in [0.4, 0.5) is 11.6 Å². The summed E-state index contributed by atoms with van der Waals surface area (Å²) in [4.78, 5) is 8.70. The maximum Gasteiger partial charge on any atom is 0.131 e. The zero-order valence-corrected chi connectivity index (χ0v) is 12.7. The van der Waals surface area contributed by atoms with E-state index in [4.69, 9.17) is 0 Å². The van der Waals surface area contributed by atoms with Crippen LogP contribution in [0.3, 0.4) is 0 Å². The van der Waals surface area contributed by atoms with E-state index < -0.39 is 5.60 Å². The fourth-order valence-electron chi connectivity index (χ4n) is 2.98. The highest BCUT2D eigenvalue weighted by Crippen LogP contribution is 2.32. The fourth-order valence-corrected chi connectivity index (χ4v) is 2.98. The quantitative estimate of drug-likeness (QED) is 0.772. The number of rotatable bonds is 5. The average Bonchev–Trinajstić information content (AvgIpc) is 2.36. The van der Waals surface area contributed by atoms with Crippen LogP contribution in [0.2, 0.25) is 0 Å². The van der Waals surface area contributed by atoms with Crippen molar-refractivity contribution in [3.8, 4) is 0 Å². The third-order valence-corrected chi connectivity index (χ3v) is 3.86. The summed E-state index contributed by atoms with van der Waals surface area (Å²) in [6, 6.07) is 1.89. The van der Waals surface area contributed by atoms with E-state index in [1.54, 1.807) is 0 Å². The van der Waals surface area contributed by atoms with Crippen LogP contribution in [0.1, 0.15) is 45.4 Å². The second kappa shape index (κ2) is 6.39. The van der Waals surface area contributed by atoms with Gasteiger partial charge in [0.2, 0.25) is 0 Å². The van der Waals surface area contributed by atoms with Crippen molar-refractivity contribution in [1.29, 1.82) is 0 Å². The molecule has 1 heterocycles. The zero-order valence-electron chi connectivity index (χ0n) is 12.7. The molecule has 0 spiro atoms. The summed E-state index contributed by atoms with van der Waals surface area (Å²) in [6.07, 6.45) is 4.06. The molecule has 0 aliphatic heterocycles. The van der Waals surface area contributed by atoms with Crippen LogP contribution in [0, 0.1) is 12.8 Å². The molecule has 0 bridgehead atoms. The van der Waals surface area contributed by atoms with Gasteiger partial charge >= 0.3 is 0 Å². The molecule has 20 heavy (non-hydrogen) atoms. The monoisotopic (exact) mass is 278 g/mol. The van der Waals surface area contributed by atoms with Crippen LogP contribution in [-0.4, -0.2) is 33.8 Å². The Labute approximate surface area is 121 Å². The first-order chi connectivity index (χ1) is 9.50. The van der Waals surface area contributed by atoms with Gasteiger partial charge < -0.3 is 15.7 Å². The van der Waals surface area contributed by atoms with Crippen LogP contribution < -0.4 is 10.6 Å². The first-order valence-electron chi connectivity index (χ1n) is 7.56. The van der Waals surface area contributed by atoms with E-state index >= 15 is 0 Å². The van der Waals surface area contributed by atoms with Gasteiger partial charge in [0, 0.05) is 19.2 Å². The molecule has 2 atom stereocenters. The number of anilines is 2. The maximum atomic E-state index is 10.6. The van der Waals surface area contributed by atoms with Gasteiger partial charge in [-0.3, -0.25) is 0 Å². The molecule has 1 fully saturated rings. The van der Waals surface area contributed by atoms with Gasteiger partial charge in [0.25, 0.3) is 0 Å².